The number of halogens is 3. The van der Waals surface area contributed by atoms with Gasteiger partial charge in [-0.1, -0.05) is 84.9 Å². The fraction of sp³-hybridized carbons (Fsp3) is 0.544. The van der Waals surface area contributed by atoms with Gasteiger partial charge in [0.05, 0.1) is 65.2 Å². The topological polar surface area (TPSA) is 189 Å². The number of amides is 4. The maximum Gasteiger partial charge on any atom is 0.417 e. The van der Waals surface area contributed by atoms with E-state index in [0.29, 0.717) is 31.9 Å². The van der Waals surface area contributed by atoms with E-state index in [1.807, 2.05) is 116 Å². The molecule has 3 saturated heterocycles. The van der Waals surface area contributed by atoms with Crippen LogP contribution < -0.4 is 20.7 Å². The van der Waals surface area contributed by atoms with Gasteiger partial charge in [-0.3, -0.25) is 24.1 Å². The van der Waals surface area contributed by atoms with Crippen LogP contribution in [0.15, 0.2) is 72.2 Å². The lowest BCUT2D eigenvalue weighted by Gasteiger charge is -2.63. The normalized spacial score (nSPS) is 23.0. The van der Waals surface area contributed by atoms with Gasteiger partial charge in [0.25, 0.3) is 5.91 Å². The predicted octanol–water partition coefficient (Wildman–Crippen LogP) is 7.27. The number of nitrogens with one attached hydrogen (secondary N) is 3. The number of β-amino-alcohol motifs (C(OH)–C–C–N with tert-alkyl or cyclic N) is 1. The Balaban J connectivity index is 0.799. The van der Waals surface area contributed by atoms with Crippen LogP contribution >= 0.6 is 11.3 Å². The molecule has 408 valence electrons. The van der Waals surface area contributed by atoms with Crippen LogP contribution in [0.4, 0.5) is 13.2 Å². The van der Waals surface area contributed by atoms with Crippen molar-refractivity contribution in [1.29, 1.82) is 5.26 Å². The van der Waals surface area contributed by atoms with E-state index in [-0.39, 0.29) is 60.5 Å². The fourth-order valence-electron chi connectivity index (χ4n) is 11.8. The number of benzene rings is 3. The number of carbonyl (C=O) groups is 4. The third kappa shape index (κ3) is 11.8. The maximum absolute atomic E-state index is 14.3. The summed E-state index contributed by atoms with van der Waals surface area (Å²) in [5, 5.41) is 29.2. The number of aliphatic hydroxyl groups excluding tert-OH is 1. The highest BCUT2D eigenvalue weighted by molar-refractivity contribution is 7.13. The predicted molar refractivity (Wildman–Crippen MR) is 282 cm³/mol. The number of aryl methyl sites for hydroxylation is 1. The molecule has 4 heterocycles. The molecular weight excluding hydrogens is 998 g/mol. The number of likely N-dealkylation sites (tertiary alicyclic amines) is 1. The van der Waals surface area contributed by atoms with E-state index in [0.717, 1.165) is 65.4 Å². The number of ether oxygens (including phenoxy) is 2. The number of aliphatic hydroxyl groups is 1. The molecule has 0 radical (unpaired) electrons. The Morgan fingerprint density at radius 1 is 0.934 bits per heavy atom. The van der Waals surface area contributed by atoms with Crippen LogP contribution in [-0.4, -0.2) is 138 Å². The van der Waals surface area contributed by atoms with E-state index in [9.17, 15) is 42.7 Å². The lowest BCUT2D eigenvalue weighted by Crippen LogP contribution is -2.74. The van der Waals surface area contributed by atoms with Crippen molar-refractivity contribution < 1.29 is 46.9 Å². The molecule has 8 rings (SSSR count). The van der Waals surface area contributed by atoms with E-state index < -0.39 is 63.7 Å². The summed E-state index contributed by atoms with van der Waals surface area (Å²) in [4.78, 5) is 66.8. The zero-order chi connectivity index (χ0) is 55.1. The highest BCUT2D eigenvalue weighted by atomic mass is 32.1. The number of aromatic nitrogens is 1. The van der Waals surface area contributed by atoms with Crippen molar-refractivity contribution in [2.45, 2.75) is 123 Å². The molecule has 19 heteroatoms. The molecule has 76 heavy (non-hydrogen) atoms. The average molecular weight is 1070 g/mol. The number of piperazine rings is 1. The van der Waals surface area contributed by atoms with Crippen LogP contribution in [0.2, 0.25) is 0 Å². The first-order chi connectivity index (χ1) is 35.7. The monoisotopic (exact) mass is 1070 g/mol. The van der Waals surface area contributed by atoms with Gasteiger partial charge in [0.1, 0.15) is 23.9 Å². The van der Waals surface area contributed by atoms with E-state index in [1.54, 1.807) is 17.4 Å². The van der Waals surface area contributed by atoms with Crippen molar-refractivity contribution in [3.63, 3.8) is 0 Å². The molecule has 3 aliphatic heterocycles. The minimum atomic E-state index is -4.72. The van der Waals surface area contributed by atoms with E-state index >= 15 is 0 Å². The molecule has 1 aromatic heterocycles. The molecule has 3 aromatic carbocycles. The Labute approximate surface area is 447 Å². The zero-order valence-corrected chi connectivity index (χ0v) is 45.7. The van der Waals surface area contributed by atoms with Gasteiger partial charge < -0.3 is 40.3 Å². The van der Waals surface area contributed by atoms with Crippen LogP contribution in [0, 0.1) is 34.5 Å². The molecule has 4 fully saturated rings. The molecule has 0 bridgehead atoms. The summed E-state index contributed by atoms with van der Waals surface area (Å²) in [6.07, 6.45) is -5.22. The van der Waals surface area contributed by atoms with Crippen LogP contribution in [0.25, 0.3) is 10.4 Å². The smallest absolute Gasteiger partial charge is 0.417 e. The first kappa shape index (κ1) is 56.3. The molecule has 4 amide bonds. The summed E-state index contributed by atoms with van der Waals surface area (Å²) in [5.74, 6) is -1.34. The number of carbonyl (C=O) groups excluding carboxylic acids is 4. The van der Waals surface area contributed by atoms with Crippen LogP contribution in [0.5, 0.6) is 5.75 Å². The van der Waals surface area contributed by atoms with E-state index in [2.05, 4.69) is 30.7 Å². The second-order valence-electron chi connectivity index (χ2n) is 23.5. The molecule has 0 unspecified atom stereocenters. The largest absolute Gasteiger partial charge is 0.489 e. The molecule has 4 aromatic rings. The third-order valence-electron chi connectivity index (χ3n) is 16.1. The highest BCUT2D eigenvalue weighted by Gasteiger charge is 2.64. The van der Waals surface area contributed by atoms with Gasteiger partial charge in [0.2, 0.25) is 17.7 Å². The summed E-state index contributed by atoms with van der Waals surface area (Å²) < 4.78 is 53.0. The molecule has 4 atom stereocenters. The summed E-state index contributed by atoms with van der Waals surface area (Å²) in [5.41, 5.74) is 2.51. The van der Waals surface area contributed by atoms with Gasteiger partial charge in [-0.15, -0.1) is 11.3 Å². The number of nitrogens with zero attached hydrogens (tertiary/aromatic N) is 5. The molecule has 0 spiro atoms. The molecule has 1 saturated carbocycles. The molecule has 4 aliphatic rings. The third-order valence-corrected chi connectivity index (χ3v) is 17.1. The van der Waals surface area contributed by atoms with Crippen molar-refractivity contribution in [3.8, 4) is 22.3 Å². The number of rotatable bonds is 16. The Bertz CT molecular complexity index is 2800. The first-order valence-electron chi connectivity index (χ1n) is 26.0. The molecule has 1 aliphatic carbocycles. The zero-order valence-electron chi connectivity index (χ0n) is 44.8. The lowest BCUT2D eigenvalue weighted by atomic mass is 9.49. The Morgan fingerprint density at radius 2 is 1.58 bits per heavy atom. The minimum absolute atomic E-state index is 0.00234. The molecule has 15 nitrogen and oxygen atoms in total. The van der Waals surface area contributed by atoms with Crippen molar-refractivity contribution in [3.05, 3.63) is 106 Å². The number of nitriles is 1. The number of hydrogen-bond acceptors (Lipinski definition) is 12. The summed E-state index contributed by atoms with van der Waals surface area (Å²) in [6.45, 7) is 21.9. The summed E-state index contributed by atoms with van der Waals surface area (Å²) in [7, 11) is 0. The Hall–Kier alpha value is -5.91. The fourth-order valence-corrected chi connectivity index (χ4v) is 12.6. The van der Waals surface area contributed by atoms with Gasteiger partial charge in [0.15, 0.2) is 0 Å². The Kier molecular flexibility index (Phi) is 16.2. The summed E-state index contributed by atoms with van der Waals surface area (Å²) in [6, 6.07) is 17.9. The first-order valence-corrected chi connectivity index (χ1v) is 26.9. The number of alkyl halides is 3. The van der Waals surface area contributed by atoms with Gasteiger partial charge in [-0.2, -0.15) is 18.4 Å². The van der Waals surface area contributed by atoms with E-state index in [4.69, 9.17) is 9.47 Å². The van der Waals surface area contributed by atoms with Crippen LogP contribution in [0.1, 0.15) is 113 Å². The van der Waals surface area contributed by atoms with Crippen LogP contribution in [0.3, 0.4) is 0 Å². The van der Waals surface area contributed by atoms with Gasteiger partial charge in [0, 0.05) is 67.0 Å². The van der Waals surface area contributed by atoms with Crippen molar-refractivity contribution in [2.24, 2.45) is 16.2 Å². The van der Waals surface area contributed by atoms with Crippen molar-refractivity contribution >= 4 is 35.0 Å². The van der Waals surface area contributed by atoms with E-state index in [1.165, 1.54) is 11.0 Å². The standard InChI is InChI=1S/C57H71F3N8O7S/c1-34(36-10-12-37(13-11-36)46-35(2)62-33-76-46)63-49(72)44-26-41(69)29-68(44)50(73)47(53(3,4)5)64-45(70)30-67-24-22-66(23-25-67)21-20-56(31-74-32-56)40-17-14-38(15-18-40)48(71)65-51-54(6,7)52(55(51,8)9)75-42-19-16-39(28-61)43(27-42)57(58,59)60/h10-19,27,33-34,41,44,47,51-52,69H,20-26,29-32H2,1-9H3,(H,63,72)(H,64,70)(H,65,71)/t34-,41+,44-,47+,51?,52?/m0/s1. The number of hydrogen-bond donors (Lipinski definition) is 4. The average Bonchev–Trinajstić information content (AvgIpc) is 3.98. The quantitative estimate of drug-likeness (QED) is 0.0884. The molecule has 4 N–H and O–H groups in total. The van der Waals surface area contributed by atoms with Gasteiger partial charge >= 0.3 is 6.18 Å². The lowest BCUT2D eigenvalue weighted by molar-refractivity contribution is -0.164. The Morgan fingerprint density at radius 3 is 2.14 bits per heavy atom. The number of thiazole rings is 1. The maximum atomic E-state index is 14.3. The van der Waals surface area contributed by atoms with Gasteiger partial charge in [-0.05, 0) is 79.3 Å². The summed E-state index contributed by atoms with van der Waals surface area (Å²) >= 11 is 1.57. The van der Waals surface area contributed by atoms with Crippen LogP contribution in [-0.2, 0) is 30.7 Å². The van der Waals surface area contributed by atoms with Crippen molar-refractivity contribution in [2.75, 3.05) is 59.0 Å². The van der Waals surface area contributed by atoms with Crippen molar-refractivity contribution in [1.82, 2.24) is 35.6 Å². The second-order valence-corrected chi connectivity index (χ2v) is 24.3. The highest BCUT2D eigenvalue weighted by Crippen LogP contribution is 2.56. The van der Waals surface area contributed by atoms with Gasteiger partial charge in [-0.25, -0.2) is 4.98 Å². The SMILES string of the molecule is Cc1ncsc1-c1ccc([C@H](C)NC(=O)[C@@H]2C[C@@H](O)CN2C(=O)[C@@H](NC(=O)CN2CCN(CCC3(c4ccc(C(=O)NC5C(C)(C)C(Oc6ccc(C#N)c(C(F)(F)F)c6)C5(C)C)cc4)COC3)CC2)C(C)(C)C)cc1. The molecular formula is C57H71F3N8O7S. The second kappa shape index (κ2) is 21.8. The minimum Gasteiger partial charge on any atom is -0.489 e.